The van der Waals surface area contributed by atoms with Crippen molar-refractivity contribution in [3.8, 4) is 0 Å². The Kier molecular flexibility index (Phi) is 19.3. The summed E-state index contributed by atoms with van der Waals surface area (Å²) < 4.78 is 0. The normalized spacial score (nSPS) is 13.1. The van der Waals surface area contributed by atoms with Crippen LogP contribution >= 0.6 is 24.0 Å². The van der Waals surface area contributed by atoms with Crippen LogP contribution in [-0.2, 0) is 0 Å². The minimum Gasteiger partial charge on any atom is -0.396 e. The fraction of sp³-hybridized carbons (Fsp3) is 0.944. The van der Waals surface area contributed by atoms with Gasteiger partial charge in [0.1, 0.15) is 0 Å². The van der Waals surface area contributed by atoms with Gasteiger partial charge < -0.3 is 20.6 Å². The number of nitrogens with zero attached hydrogens (tertiary/aromatic N) is 2. The zero-order valence-electron chi connectivity index (χ0n) is 16.5. The number of guanidine groups is 1. The molecule has 0 heterocycles. The van der Waals surface area contributed by atoms with Crippen LogP contribution in [-0.4, -0.2) is 61.8 Å². The SMILES string of the molecule is CCCC(CCO)CN=C(NCC)NCCCCN(C)C(C)C.I. The van der Waals surface area contributed by atoms with Crippen molar-refractivity contribution < 1.29 is 5.11 Å². The zero-order valence-corrected chi connectivity index (χ0v) is 18.8. The fourth-order valence-corrected chi connectivity index (χ4v) is 2.43. The van der Waals surface area contributed by atoms with Crippen molar-refractivity contribution in [3.05, 3.63) is 0 Å². The second-order valence-electron chi connectivity index (χ2n) is 6.59. The highest BCUT2D eigenvalue weighted by Gasteiger charge is 2.07. The molecule has 0 aliphatic rings. The molecule has 146 valence electrons. The molecule has 0 aliphatic carbocycles. The summed E-state index contributed by atoms with van der Waals surface area (Å²) in [6.07, 6.45) is 5.47. The molecule has 24 heavy (non-hydrogen) atoms. The summed E-state index contributed by atoms with van der Waals surface area (Å²) in [4.78, 5) is 7.06. The second-order valence-corrected chi connectivity index (χ2v) is 6.59. The van der Waals surface area contributed by atoms with Crippen molar-refractivity contribution in [2.24, 2.45) is 10.9 Å². The van der Waals surface area contributed by atoms with Gasteiger partial charge in [-0.15, -0.1) is 24.0 Å². The maximum atomic E-state index is 9.13. The molecule has 0 spiro atoms. The lowest BCUT2D eigenvalue weighted by Gasteiger charge is -2.20. The third-order valence-corrected chi connectivity index (χ3v) is 4.20. The zero-order chi connectivity index (χ0) is 17.5. The van der Waals surface area contributed by atoms with Crippen LogP contribution in [0.4, 0.5) is 0 Å². The van der Waals surface area contributed by atoms with Gasteiger partial charge in [-0.3, -0.25) is 4.99 Å². The number of aliphatic hydroxyl groups is 1. The number of nitrogens with one attached hydrogen (secondary N) is 2. The van der Waals surface area contributed by atoms with E-state index in [0.717, 1.165) is 57.8 Å². The number of hydrogen-bond donors (Lipinski definition) is 3. The molecule has 0 saturated carbocycles. The van der Waals surface area contributed by atoms with Crippen LogP contribution in [0.25, 0.3) is 0 Å². The highest BCUT2D eigenvalue weighted by molar-refractivity contribution is 14.0. The van der Waals surface area contributed by atoms with Gasteiger partial charge in [-0.25, -0.2) is 0 Å². The Hall–Kier alpha value is -0.0800. The van der Waals surface area contributed by atoms with Crippen LogP contribution in [0, 0.1) is 5.92 Å². The van der Waals surface area contributed by atoms with Crippen LogP contribution in [0.1, 0.15) is 59.8 Å². The first-order valence-corrected chi connectivity index (χ1v) is 9.38. The van der Waals surface area contributed by atoms with Gasteiger partial charge in [-0.05, 0) is 66.0 Å². The third kappa shape index (κ3) is 14.3. The molecular weight excluding hydrogens is 415 g/mol. The molecule has 0 aromatic heterocycles. The van der Waals surface area contributed by atoms with Crippen LogP contribution in [0.5, 0.6) is 0 Å². The highest BCUT2D eigenvalue weighted by Crippen LogP contribution is 2.10. The minimum absolute atomic E-state index is 0. The third-order valence-electron chi connectivity index (χ3n) is 4.20. The van der Waals surface area contributed by atoms with Crippen molar-refractivity contribution in [3.63, 3.8) is 0 Å². The van der Waals surface area contributed by atoms with Crippen molar-refractivity contribution in [2.75, 3.05) is 39.8 Å². The van der Waals surface area contributed by atoms with E-state index in [9.17, 15) is 0 Å². The molecule has 0 aliphatic heterocycles. The van der Waals surface area contributed by atoms with E-state index >= 15 is 0 Å². The molecule has 0 radical (unpaired) electrons. The molecule has 0 aromatic carbocycles. The molecule has 1 unspecified atom stereocenters. The number of halogens is 1. The van der Waals surface area contributed by atoms with E-state index in [0.29, 0.717) is 12.0 Å². The predicted molar refractivity (Wildman–Crippen MR) is 116 cm³/mol. The van der Waals surface area contributed by atoms with E-state index in [1.165, 1.54) is 6.42 Å². The molecule has 0 rings (SSSR count). The average molecular weight is 456 g/mol. The fourth-order valence-electron chi connectivity index (χ4n) is 2.43. The maximum Gasteiger partial charge on any atom is 0.191 e. The van der Waals surface area contributed by atoms with Crippen molar-refractivity contribution in [1.82, 2.24) is 15.5 Å². The molecule has 0 bridgehead atoms. The Labute approximate surface area is 167 Å². The molecule has 3 N–H and O–H groups in total. The Morgan fingerprint density at radius 2 is 1.83 bits per heavy atom. The quantitative estimate of drug-likeness (QED) is 0.173. The van der Waals surface area contributed by atoms with E-state index < -0.39 is 0 Å². The van der Waals surface area contributed by atoms with Gasteiger partial charge >= 0.3 is 0 Å². The summed E-state index contributed by atoms with van der Waals surface area (Å²) in [7, 11) is 2.18. The van der Waals surface area contributed by atoms with Gasteiger partial charge in [-0.1, -0.05) is 13.3 Å². The van der Waals surface area contributed by atoms with Gasteiger partial charge in [0.15, 0.2) is 5.96 Å². The summed E-state index contributed by atoms with van der Waals surface area (Å²) in [6.45, 7) is 12.8. The van der Waals surface area contributed by atoms with Crippen molar-refractivity contribution in [2.45, 2.75) is 65.8 Å². The number of aliphatic imine (C=N–C) groups is 1. The molecule has 6 heteroatoms. The Morgan fingerprint density at radius 1 is 1.12 bits per heavy atom. The lowest BCUT2D eigenvalue weighted by molar-refractivity contribution is 0.253. The summed E-state index contributed by atoms with van der Waals surface area (Å²) >= 11 is 0. The summed E-state index contributed by atoms with van der Waals surface area (Å²) in [6, 6.07) is 0.615. The summed E-state index contributed by atoms with van der Waals surface area (Å²) in [5, 5.41) is 15.9. The minimum atomic E-state index is 0. The van der Waals surface area contributed by atoms with E-state index in [1.807, 2.05) is 0 Å². The maximum absolute atomic E-state index is 9.13. The van der Waals surface area contributed by atoms with Gasteiger partial charge in [0.05, 0.1) is 0 Å². The van der Waals surface area contributed by atoms with Gasteiger partial charge in [0.2, 0.25) is 0 Å². The summed E-state index contributed by atoms with van der Waals surface area (Å²) in [5.74, 6) is 1.39. The Bertz CT molecular complexity index is 295. The topological polar surface area (TPSA) is 59.9 Å². The van der Waals surface area contributed by atoms with Gasteiger partial charge in [0, 0.05) is 32.3 Å². The molecule has 0 amide bonds. The largest absolute Gasteiger partial charge is 0.396 e. The van der Waals surface area contributed by atoms with Crippen molar-refractivity contribution >= 4 is 29.9 Å². The van der Waals surface area contributed by atoms with Crippen LogP contribution in [0.15, 0.2) is 4.99 Å². The van der Waals surface area contributed by atoms with Crippen molar-refractivity contribution in [1.29, 1.82) is 0 Å². The monoisotopic (exact) mass is 456 g/mol. The first-order chi connectivity index (χ1) is 11.0. The predicted octanol–water partition coefficient (Wildman–Crippen LogP) is 3.08. The lowest BCUT2D eigenvalue weighted by Crippen LogP contribution is -2.38. The highest BCUT2D eigenvalue weighted by atomic mass is 127. The molecule has 0 saturated heterocycles. The molecule has 1 atom stereocenters. The average Bonchev–Trinajstić information content (AvgIpc) is 2.51. The first-order valence-electron chi connectivity index (χ1n) is 9.38. The van der Waals surface area contributed by atoms with E-state index in [4.69, 9.17) is 5.11 Å². The molecular formula is C18H41IN4O. The number of unbranched alkanes of at least 4 members (excludes halogenated alkanes) is 1. The van der Waals surface area contributed by atoms with Crippen LogP contribution < -0.4 is 10.6 Å². The first kappa shape index (κ1) is 26.2. The number of rotatable bonds is 13. The van der Waals surface area contributed by atoms with E-state index in [1.54, 1.807) is 0 Å². The number of hydrogen-bond acceptors (Lipinski definition) is 3. The van der Waals surface area contributed by atoms with Gasteiger partial charge in [0.25, 0.3) is 0 Å². The van der Waals surface area contributed by atoms with E-state index in [-0.39, 0.29) is 30.6 Å². The summed E-state index contributed by atoms with van der Waals surface area (Å²) in [5.41, 5.74) is 0. The molecule has 0 aromatic rings. The Morgan fingerprint density at radius 3 is 2.38 bits per heavy atom. The van der Waals surface area contributed by atoms with Gasteiger partial charge in [-0.2, -0.15) is 0 Å². The second kappa shape index (κ2) is 17.7. The molecule has 0 fully saturated rings. The lowest BCUT2D eigenvalue weighted by atomic mass is 10.0. The van der Waals surface area contributed by atoms with Crippen LogP contribution in [0.3, 0.4) is 0 Å². The number of aliphatic hydroxyl groups excluding tert-OH is 1. The van der Waals surface area contributed by atoms with E-state index in [2.05, 4.69) is 55.3 Å². The standard InChI is InChI=1S/C18H40N4O.HI/c1-6-10-17(11-14-23)15-21-18(19-7-2)20-12-8-9-13-22(5)16(3)4;/h16-17,23H,6-15H2,1-5H3,(H2,19,20,21);1H. The van der Waals surface area contributed by atoms with Crippen LogP contribution in [0.2, 0.25) is 0 Å². The Balaban J connectivity index is 0. The molecule has 5 nitrogen and oxygen atoms in total. The smallest absolute Gasteiger partial charge is 0.191 e.